The van der Waals surface area contributed by atoms with E-state index in [-0.39, 0.29) is 0 Å². The predicted molar refractivity (Wildman–Crippen MR) is 56.1 cm³/mol. The molecule has 0 heterocycles. The van der Waals surface area contributed by atoms with Crippen LogP contribution in [0.3, 0.4) is 0 Å². The topological polar surface area (TPSA) is 75.1 Å². The number of hydrogen-bond acceptors (Lipinski definition) is 3. The van der Waals surface area contributed by atoms with E-state index in [2.05, 4.69) is 14.8 Å². The summed E-state index contributed by atoms with van der Waals surface area (Å²) in [7, 11) is 1.32. The second-order valence-corrected chi connectivity index (χ2v) is 3.98. The highest BCUT2D eigenvalue weighted by Gasteiger charge is 2.23. The van der Waals surface area contributed by atoms with Gasteiger partial charge < -0.3 is 4.74 Å². The van der Waals surface area contributed by atoms with E-state index >= 15 is 0 Å². The quantitative estimate of drug-likeness (QED) is 0.310. The molecule has 1 saturated carbocycles. The van der Waals surface area contributed by atoms with E-state index in [0.29, 0.717) is 12.3 Å². The fraction of sp³-hybridized carbons (Fsp3) is 0.900. The molecule has 1 atom stereocenters. The highest BCUT2D eigenvalue weighted by Crippen LogP contribution is 2.28. The van der Waals surface area contributed by atoms with Crippen LogP contribution in [0.4, 0.5) is 0 Å². The lowest BCUT2D eigenvalue weighted by atomic mass is 9.85. The molecule has 1 aliphatic carbocycles. The lowest BCUT2D eigenvalue weighted by Gasteiger charge is -2.23. The Balaban J connectivity index is 2.49. The summed E-state index contributed by atoms with van der Waals surface area (Å²) in [6.45, 7) is 0. The summed E-state index contributed by atoms with van der Waals surface area (Å²) in [5, 5.41) is 3.50. The maximum absolute atomic E-state index is 11.3. The number of carbonyl (C=O) groups excluding carboxylic acids is 1. The molecule has 0 aromatic carbocycles. The summed E-state index contributed by atoms with van der Waals surface area (Å²) >= 11 is 0. The summed E-state index contributed by atoms with van der Waals surface area (Å²) in [5.41, 5.74) is 8.36. The SMILES string of the molecule is COC(=O)[C@H](CC1CCCCC1)N=[N+]=[N-]. The number of hydrogen-bond donors (Lipinski definition) is 0. The molecule has 0 radical (unpaired) electrons. The van der Waals surface area contributed by atoms with Gasteiger partial charge in [0.2, 0.25) is 0 Å². The van der Waals surface area contributed by atoms with Crippen molar-refractivity contribution in [2.24, 2.45) is 11.0 Å². The number of nitrogens with zero attached hydrogens (tertiary/aromatic N) is 3. The molecule has 0 aliphatic heterocycles. The summed E-state index contributed by atoms with van der Waals surface area (Å²) in [5.74, 6) is 0.0896. The van der Waals surface area contributed by atoms with Gasteiger partial charge in [-0.05, 0) is 17.9 Å². The first-order valence-electron chi connectivity index (χ1n) is 5.40. The number of ether oxygens (including phenoxy) is 1. The number of carbonyl (C=O) groups is 1. The van der Waals surface area contributed by atoms with Crippen LogP contribution in [0, 0.1) is 5.92 Å². The first kappa shape index (κ1) is 11.9. The van der Waals surface area contributed by atoms with Crippen molar-refractivity contribution >= 4 is 5.97 Å². The van der Waals surface area contributed by atoms with E-state index in [1.54, 1.807) is 0 Å². The van der Waals surface area contributed by atoms with Gasteiger partial charge in [-0.25, -0.2) is 0 Å². The van der Waals surface area contributed by atoms with E-state index in [0.717, 1.165) is 12.8 Å². The average molecular weight is 211 g/mol. The van der Waals surface area contributed by atoms with Crippen molar-refractivity contribution in [3.05, 3.63) is 10.4 Å². The molecule has 0 amide bonds. The van der Waals surface area contributed by atoms with Crippen molar-refractivity contribution in [3.63, 3.8) is 0 Å². The van der Waals surface area contributed by atoms with Crippen molar-refractivity contribution in [2.75, 3.05) is 7.11 Å². The molecule has 1 fully saturated rings. The van der Waals surface area contributed by atoms with E-state index in [1.807, 2.05) is 0 Å². The average Bonchev–Trinajstić information content (AvgIpc) is 2.29. The molecule has 84 valence electrons. The molecule has 0 spiro atoms. The fourth-order valence-corrected chi connectivity index (χ4v) is 2.13. The standard InChI is InChI=1S/C10H17N3O2/c1-15-10(14)9(12-13-11)7-8-5-3-2-4-6-8/h8-9H,2-7H2,1H3/t9-/m0/s1. The minimum atomic E-state index is -0.636. The smallest absolute Gasteiger partial charge is 0.314 e. The fourth-order valence-electron chi connectivity index (χ4n) is 2.13. The molecule has 0 saturated heterocycles. The minimum Gasteiger partial charge on any atom is -0.469 e. The monoisotopic (exact) mass is 211 g/mol. The Bertz CT molecular complexity index is 255. The maximum atomic E-state index is 11.3. The van der Waals surface area contributed by atoms with Gasteiger partial charge >= 0.3 is 5.97 Å². The lowest BCUT2D eigenvalue weighted by molar-refractivity contribution is -0.142. The molecule has 0 aromatic rings. The van der Waals surface area contributed by atoms with Crippen molar-refractivity contribution in [1.29, 1.82) is 0 Å². The maximum Gasteiger partial charge on any atom is 0.314 e. The van der Waals surface area contributed by atoms with Crippen LogP contribution >= 0.6 is 0 Å². The third-order valence-corrected chi connectivity index (χ3v) is 2.95. The first-order chi connectivity index (χ1) is 7.27. The zero-order chi connectivity index (χ0) is 11.1. The molecule has 5 heteroatoms. The molecule has 5 nitrogen and oxygen atoms in total. The number of azide groups is 1. The number of esters is 1. The van der Waals surface area contributed by atoms with Gasteiger partial charge in [0.25, 0.3) is 0 Å². The Morgan fingerprint density at radius 1 is 1.53 bits per heavy atom. The van der Waals surface area contributed by atoms with Gasteiger partial charge in [-0.2, -0.15) is 0 Å². The van der Waals surface area contributed by atoms with Crippen LogP contribution in [-0.4, -0.2) is 19.1 Å². The second-order valence-electron chi connectivity index (χ2n) is 3.98. The normalized spacial score (nSPS) is 19.0. The Morgan fingerprint density at radius 2 is 2.20 bits per heavy atom. The Kier molecular flexibility index (Phi) is 4.98. The summed E-state index contributed by atoms with van der Waals surface area (Å²) in [4.78, 5) is 14.0. The van der Waals surface area contributed by atoms with Gasteiger partial charge in [-0.1, -0.05) is 37.2 Å². The molecule has 0 bridgehead atoms. The zero-order valence-corrected chi connectivity index (χ0v) is 9.06. The first-order valence-corrected chi connectivity index (χ1v) is 5.40. The molecule has 15 heavy (non-hydrogen) atoms. The summed E-state index contributed by atoms with van der Waals surface area (Å²) in [6.07, 6.45) is 6.62. The predicted octanol–water partition coefficient (Wildman–Crippen LogP) is 2.81. The number of rotatable bonds is 4. The van der Waals surface area contributed by atoms with Crippen molar-refractivity contribution in [3.8, 4) is 0 Å². The molecule has 1 aliphatic rings. The van der Waals surface area contributed by atoms with Gasteiger partial charge in [-0.15, -0.1) is 0 Å². The van der Waals surface area contributed by atoms with E-state index in [9.17, 15) is 4.79 Å². The number of methoxy groups -OCH3 is 1. The van der Waals surface area contributed by atoms with E-state index < -0.39 is 12.0 Å². The Hall–Kier alpha value is -1.22. The highest BCUT2D eigenvalue weighted by atomic mass is 16.5. The highest BCUT2D eigenvalue weighted by molar-refractivity contribution is 5.75. The van der Waals surface area contributed by atoms with Crippen molar-refractivity contribution in [1.82, 2.24) is 0 Å². The summed E-state index contributed by atoms with van der Waals surface area (Å²) < 4.78 is 4.60. The van der Waals surface area contributed by atoms with Crippen LogP contribution in [0.25, 0.3) is 10.4 Å². The minimum absolute atomic E-state index is 0.418. The molecule has 0 unspecified atom stereocenters. The Morgan fingerprint density at radius 3 is 2.73 bits per heavy atom. The van der Waals surface area contributed by atoms with Gasteiger partial charge in [0.15, 0.2) is 0 Å². The van der Waals surface area contributed by atoms with Crippen LogP contribution in [-0.2, 0) is 9.53 Å². The van der Waals surface area contributed by atoms with Gasteiger partial charge in [0.1, 0.15) is 6.04 Å². The largest absolute Gasteiger partial charge is 0.469 e. The molecule has 1 rings (SSSR count). The molecule has 0 aromatic heterocycles. The van der Waals surface area contributed by atoms with Crippen LogP contribution in [0.1, 0.15) is 38.5 Å². The van der Waals surface area contributed by atoms with Crippen molar-refractivity contribution in [2.45, 2.75) is 44.6 Å². The van der Waals surface area contributed by atoms with Gasteiger partial charge in [-0.3, -0.25) is 4.79 Å². The second kappa shape index (κ2) is 6.30. The third kappa shape index (κ3) is 3.80. The van der Waals surface area contributed by atoms with Gasteiger partial charge in [0.05, 0.1) is 7.11 Å². The molecular formula is C10H17N3O2. The Labute approximate surface area is 89.4 Å². The van der Waals surface area contributed by atoms with Crippen LogP contribution in [0.15, 0.2) is 5.11 Å². The molecular weight excluding hydrogens is 194 g/mol. The van der Waals surface area contributed by atoms with Crippen LogP contribution in [0.2, 0.25) is 0 Å². The van der Waals surface area contributed by atoms with Crippen LogP contribution < -0.4 is 0 Å². The summed E-state index contributed by atoms with van der Waals surface area (Å²) in [6, 6.07) is -0.636. The van der Waals surface area contributed by atoms with Crippen molar-refractivity contribution < 1.29 is 9.53 Å². The van der Waals surface area contributed by atoms with Crippen LogP contribution in [0.5, 0.6) is 0 Å². The zero-order valence-electron chi connectivity index (χ0n) is 9.06. The van der Waals surface area contributed by atoms with E-state index in [4.69, 9.17) is 5.53 Å². The lowest BCUT2D eigenvalue weighted by Crippen LogP contribution is -2.24. The van der Waals surface area contributed by atoms with E-state index in [1.165, 1.54) is 26.4 Å². The molecule has 0 N–H and O–H groups in total. The van der Waals surface area contributed by atoms with Gasteiger partial charge in [0, 0.05) is 4.91 Å². The third-order valence-electron chi connectivity index (χ3n) is 2.95.